The van der Waals surface area contributed by atoms with Gasteiger partial charge < -0.3 is 15.5 Å². The van der Waals surface area contributed by atoms with Gasteiger partial charge in [0.2, 0.25) is 0 Å². The van der Waals surface area contributed by atoms with Gasteiger partial charge in [-0.2, -0.15) is 0 Å². The van der Waals surface area contributed by atoms with Crippen molar-refractivity contribution in [1.29, 1.82) is 0 Å². The molecule has 1 aromatic heterocycles. The zero-order valence-electron chi connectivity index (χ0n) is 17.5. The Labute approximate surface area is 185 Å². The number of urea groups is 1. The van der Waals surface area contributed by atoms with E-state index in [-0.39, 0.29) is 24.2 Å². The molecule has 31 heavy (non-hydrogen) atoms. The molecule has 0 atom stereocenters. The van der Waals surface area contributed by atoms with Crippen LogP contribution in [0, 0.1) is 5.82 Å². The van der Waals surface area contributed by atoms with E-state index in [1.54, 1.807) is 22.4 Å². The maximum atomic E-state index is 13.9. The van der Waals surface area contributed by atoms with Crippen molar-refractivity contribution in [3.8, 4) is 0 Å². The van der Waals surface area contributed by atoms with Crippen molar-refractivity contribution < 1.29 is 14.0 Å². The van der Waals surface area contributed by atoms with Crippen LogP contribution in [0.5, 0.6) is 0 Å². The molecule has 0 aliphatic heterocycles. The number of thiazole rings is 1. The van der Waals surface area contributed by atoms with E-state index in [0.29, 0.717) is 17.2 Å². The normalized spacial score (nSPS) is 10.7. The predicted molar refractivity (Wildman–Crippen MR) is 121 cm³/mol. The Morgan fingerprint density at radius 1 is 1.10 bits per heavy atom. The van der Waals surface area contributed by atoms with Gasteiger partial charge in [-0.1, -0.05) is 42.5 Å². The largest absolute Gasteiger partial charge is 0.350 e. The quantitative estimate of drug-likeness (QED) is 0.533. The van der Waals surface area contributed by atoms with Crippen molar-refractivity contribution in [2.45, 2.75) is 32.9 Å². The molecule has 0 aliphatic carbocycles. The van der Waals surface area contributed by atoms with Crippen LogP contribution in [0.3, 0.4) is 0 Å². The molecule has 6 nitrogen and oxygen atoms in total. The maximum Gasteiger partial charge on any atom is 0.322 e. The van der Waals surface area contributed by atoms with Gasteiger partial charge in [-0.05, 0) is 38.0 Å². The number of amides is 3. The first-order valence-electron chi connectivity index (χ1n) is 10.0. The molecule has 3 aromatic rings. The number of benzene rings is 2. The number of nitrogens with one attached hydrogen (secondary N) is 2. The van der Waals surface area contributed by atoms with Crippen LogP contribution in [-0.4, -0.2) is 34.4 Å². The summed E-state index contributed by atoms with van der Waals surface area (Å²) in [6.45, 7) is 4.47. The third-order valence-electron chi connectivity index (χ3n) is 4.63. The lowest BCUT2D eigenvalue weighted by atomic mass is 10.1. The minimum atomic E-state index is -0.497. The molecular weight excluding hydrogens is 415 g/mol. The molecule has 3 rings (SSSR count). The summed E-state index contributed by atoms with van der Waals surface area (Å²) in [5.74, 6) is -0.742. The van der Waals surface area contributed by atoms with Crippen LogP contribution in [0.15, 0.2) is 60.0 Å². The average Bonchev–Trinajstić information content (AvgIpc) is 3.23. The summed E-state index contributed by atoms with van der Waals surface area (Å²) in [7, 11) is 0. The summed E-state index contributed by atoms with van der Waals surface area (Å²) in [6.07, 6.45) is 0.737. The number of nitrogens with zero attached hydrogens (tertiary/aromatic N) is 2. The molecule has 2 N–H and O–H groups in total. The highest BCUT2D eigenvalue weighted by Gasteiger charge is 2.21. The number of carbonyl (C=O) groups excluding carboxylic acids is 2. The van der Waals surface area contributed by atoms with Crippen molar-refractivity contribution in [3.05, 3.63) is 82.1 Å². The standard InChI is InChI=1S/C23H25FN4O2S/c1-16(2)28(23(30)27-19-11-7-6-10-18(19)24)14-21-26-20(15-31-21)22(29)25-13-12-17-8-4-3-5-9-17/h3-11,15-16H,12-14H2,1-2H3,(H,25,29)(H,27,30). The van der Waals surface area contributed by atoms with Gasteiger partial charge in [0, 0.05) is 18.0 Å². The van der Waals surface area contributed by atoms with E-state index in [2.05, 4.69) is 15.6 Å². The number of carbonyl (C=O) groups is 2. The van der Waals surface area contributed by atoms with Crippen molar-refractivity contribution >= 4 is 29.0 Å². The van der Waals surface area contributed by atoms with Crippen LogP contribution < -0.4 is 10.6 Å². The molecule has 0 aliphatic rings. The monoisotopic (exact) mass is 440 g/mol. The van der Waals surface area contributed by atoms with Gasteiger partial charge in [0.25, 0.3) is 5.91 Å². The summed E-state index contributed by atoms with van der Waals surface area (Å²) < 4.78 is 13.9. The highest BCUT2D eigenvalue weighted by Crippen LogP contribution is 2.18. The van der Waals surface area contributed by atoms with Gasteiger partial charge in [0.15, 0.2) is 0 Å². The minimum Gasteiger partial charge on any atom is -0.350 e. The van der Waals surface area contributed by atoms with Crippen molar-refractivity contribution in [2.24, 2.45) is 0 Å². The van der Waals surface area contributed by atoms with Gasteiger partial charge in [-0.15, -0.1) is 11.3 Å². The van der Waals surface area contributed by atoms with Crippen molar-refractivity contribution in [2.75, 3.05) is 11.9 Å². The molecule has 1 heterocycles. The number of hydrogen-bond donors (Lipinski definition) is 2. The summed E-state index contributed by atoms with van der Waals surface area (Å²) >= 11 is 1.31. The van der Waals surface area contributed by atoms with Crippen LogP contribution in [0.1, 0.15) is 34.9 Å². The summed E-state index contributed by atoms with van der Waals surface area (Å²) in [5, 5.41) is 7.77. The zero-order chi connectivity index (χ0) is 22.2. The second-order valence-corrected chi connectivity index (χ2v) is 8.19. The first kappa shape index (κ1) is 22.4. The fourth-order valence-electron chi connectivity index (χ4n) is 2.93. The number of hydrogen-bond acceptors (Lipinski definition) is 4. The van der Waals surface area contributed by atoms with E-state index in [1.165, 1.54) is 23.5 Å². The molecule has 0 unspecified atom stereocenters. The molecule has 2 aromatic carbocycles. The lowest BCUT2D eigenvalue weighted by Crippen LogP contribution is -2.39. The van der Waals surface area contributed by atoms with Crippen LogP contribution in [0.25, 0.3) is 0 Å². The fraction of sp³-hybridized carbons (Fsp3) is 0.261. The van der Waals surface area contributed by atoms with Gasteiger partial charge in [0.1, 0.15) is 16.5 Å². The van der Waals surface area contributed by atoms with E-state index in [9.17, 15) is 14.0 Å². The summed E-state index contributed by atoms with van der Waals surface area (Å²) in [4.78, 5) is 31.0. The van der Waals surface area contributed by atoms with E-state index < -0.39 is 11.8 Å². The summed E-state index contributed by atoms with van der Waals surface area (Å²) in [5.41, 5.74) is 1.59. The summed E-state index contributed by atoms with van der Waals surface area (Å²) in [6, 6.07) is 15.4. The topological polar surface area (TPSA) is 74.3 Å². The number of aromatic nitrogens is 1. The van der Waals surface area contributed by atoms with Crippen molar-refractivity contribution in [1.82, 2.24) is 15.2 Å². The Kier molecular flexibility index (Phi) is 7.72. The van der Waals surface area contributed by atoms with Crippen molar-refractivity contribution in [3.63, 3.8) is 0 Å². The molecule has 0 bridgehead atoms. The van der Waals surface area contributed by atoms with Crippen LogP contribution in [-0.2, 0) is 13.0 Å². The van der Waals surface area contributed by atoms with E-state index in [1.807, 2.05) is 44.2 Å². The molecule has 0 spiro atoms. The lowest BCUT2D eigenvalue weighted by molar-refractivity contribution is 0.0949. The molecule has 0 radical (unpaired) electrons. The second kappa shape index (κ2) is 10.7. The maximum absolute atomic E-state index is 13.9. The lowest BCUT2D eigenvalue weighted by Gasteiger charge is -2.26. The first-order chi connectivity index (χ1) is 14.9. The number of halogens is 1. The Morgan fingerprint density at radius 3 is 2.52 bits per heavy atom. The van der Waals surface area contributed by atoms with Crippen LogP contribution in [0.2, 0.25) is 0 Å². The van der Waals surface area contributed by atoms with E-state index in [4.69, 9.17) is 0 Å². The number of rotatable bonds is 8. The van der Waals surface area contributed by atoms with Crippen LogP contribution >= 0.6 is 11.3 Å². The fourth-order valence-corrected chi connectivity index (χ4v) is 3.70. The highest BCUT2D eigenvalue weighted by atomic mass is 32.1. The molecule has 162 valence electrons. The molecule has 3 amide bonds. The second-order valence-electron chi connectivity index (χ2n) is 7.25. The smallest absolute Gasteiger partial charge is 0.322 e. The Bertz CT molecular complexity index is 1020. The van der Waals surface area contributed by atoms with E-state index >= 15 is 0 Å². The Morgan fingerprint density at radius 2 is 1.81 bits per heavy atom. The van der Waals surface area contributed by atoms with E-state index in [0.717, 1.165) is 12.0 Å². The zero-order valence-corrected chi connectivity index (χ0v) is 18.3. The third kappa shape index (κ3) is 6.36. The number of para-hydroxylation sites is 1. The Hall–Kier alpha value is -3.26. The Balaban J connectivity index is 1.57. The van der Waals surface area contributed by atoms with Gasteiger partial charge in [-0.3, -0.25) is 4.79 Å². The molecule has 0 fully saturated rings. The minimum absolute atomic E-state index is 0.121. The molecule has 8 heteroatoms. The van der Waals surface area contributed by atoms with Gasteiger partial charge in [0.05, 0.1) is 12.2 Å². The predicted octanol–water partition coefficient (Wildman–Crippen LogP) is 4.70. The van der Waals surface area contributed by atoms with Crippen LogP contribution in [0.4, 0.5) is 14.9 Å². The first-order valence-corrected chi connectivity index (χ1v) is 10.9. The van der Waals surface area contributed by atoms with Gasteiger partial charge in [-0.25, -0.2) is 14.2 Å². The third-order valence-corrected chi connectivity index (χ3v) is 5.47. The molecule has 0 saturated carbocycles. The highest BCUT2D eigenvalue weighted by molar-refractivity contribution is 7.09. The number of anilines is 1. The molecular formula is C23H25FN4O2S. The SMILES string of the molecule is CC(C)N(Cc1nc(C(=O)NCCc2ccccc2)cs1)C(=O)Nc1ccccc1F. The molecule has 0 saturated heterocycles. The average molecular weight is 441 g/mol. The van der Waals surface area contributed by atoms with Gasteiger partial charge >= 0.3 is 6.03 Å².